The van der Waals surface area contributed by atoms with Crippen LogP contribution in [0, 0.1) is 0 Å². The van der Waals surface area contributed by atoms with E-state index < -0.39 is 0 Å². The molecule has 2 fully saturated rings. The Balaban J connectivity index is 1.24. The highest BCUT2D eigenvalue weighted by molar-refractivity contribution is 5.84. The van der Waals surface area contributed by atoms with Gasteiger partial charge in [-0.05, 0) is 49.1 Å². The van der Waals surface area contributed by atoms with Gasteiger partial charge in [0, 0.05) is 45.0 Å². The van der Waals surface area contributed by atoms with Crippen LogP contribution in [0.25, 0.3) is 11.2 Å². The summed E-state index contributed by atoms with van der Waals surface area (Å²) in [5.41, 5.74) is 3.06. The summed E-state index contributed by atoms with van der Waals surface area (Å²) in [6.07, 6.45) is 11.0. The van der Waals surface area contributed by atoms with Crippen molar-refractivity contribution in [3.63, 3.8) is 0 Å². The number of piperazine rings is 1. The standard InChI is InChI=1S/C29H36N8O/c1-38-24-12-10-22(11-13-24)14-16-31-27-26-28(37(21-32-26)23-7-3-2-4-8-23)34-29(33-27)36-19-17-35(18-20-36)25-9-5-6-15-30-25/h5-6,9-13,15,21,23H,2-4,7-8,14,16-20H2,1H3,(H,31,33,34). The summed E-state index contributed by atoms with van der Waals surface area (Å²) in [5, 5.41) is 3.59. The molecule has 0 radical (unpaired) electrons. The maximum atomic E-state index is 5.29. The number of hydrogen-bond donors (Lipinski definition) is 1. The average molecular weight is 513 g/mol. The number of nitrogens with zero attached hydrogens (tertiary/aromatic N) is 7. The molecule has 1 aliphatic heterocycles. The lowest BCUT2D eigenvalue weighted by molar-refractivity contribution is 0.358. The molecule has 38 heavy (non-hydrogen) atoms. The lowest BCUT2D eigenvalue weighted by Gasteiger charge is -2.35. The Morgan fingerprint density at radius 2 is 1.68 bits per heavy atom. The third kappa shape index (κ3) is 5.23. The Hall–Kier alpha value is -3.88. The monoisotopic (exact) mass is 512 g/mol. The first-order valence-corrected chi connectivity index (χ1v) is 13.8. The Bertz CT molecular complexity index is 1330. The van der Waals surface area contributed by atoms with Crippen LogP contribution in [0.2, 0.25) is 0 Å². The summed E-state index contributed by atoms with van der Waals surface area (Å²) in [4.78, 5) is 24.1. The fourth-order valence-corrected chi connectivity index (χ4v) is 5.59. The molecule has 1 aromatic carbocycles. The Labute approximate surface area is 223 Å². The second-order valence-corrected chi connectivity index (χ2v) is 10.2. The van der Waals surface area contributed by atoms with Crippen molar-refractivity contribution < 1.29 is 4.74 Å². The minimum atomic E-state index is 0.463. The number of fused-ring (bicyclic) bond motifs is 1. The van der Waals surface area contributed by atoms with Crippen molar-refractivity contribution in [1.82, 2.24) is 24.5 Å². The van der Waals surface area contributed by atoms with Crippen LogP contribution >= 0.6 is 0 Å². The van der Waals surface area contributed by atoms with E-state index in [1.165, 1.54) is 37.7 Å². The van der Waals surface area contributed by atoms with Crippen LogP contribution in [0.15, 0.2) is 55.0 Å². The van der Waals surface area contributed by atoms with Crippen molar-refractivity contribution in [3.8, 4) is 5.75 Å². The van der Waals surface area contributed by atoms with Gasteiger partial charge in [0.15, 0.2) is 17.0 Å². The van der Waals surface area contributed by atoms with E-state index in [0.29, 0.717) is 6.04 Å². The van der Waals surface area contributed by atoms with Gasteiger partial charge in [0.1, 0.15) is 11.6 Å². The van der Waals surface area contributed by atoms with Crippen LogP contribution < -0.4 is 19.9 Å². The zero-order chi connectivity index (χ0) is 25.7. The third-order valence-corrected chi connectivity index (χ3v) is 7.78. The molecule has 0 amide bonds. The molecule has 0 unspecified atom stereocenters. The number of ether oxygens (including phenoxy) is 1. The number of hydrogen-bond acceptors (Lipinski definition) is 8. The van der Waals surface area contributed by atoms with Gasteiger partial charge in [-0.3, -0.25) is 0 Å². The Morgan fingerprint density at radius 3 is 2.42 bits per heavy atom. The van der Waals surface area contributed by atoms with Crippen molar-refractivity contribution in [2.24, 2.45) is 0 Å². The molecule has 3 aromatic heterocycles. The van der Waals surface area contributed by atoms with Gasteiger partial charge in [-0.1, -0.05) is 37.5 Å². The van der Waals surface area contributed by atoms with E-state index in [-0.39, 0.29) is 0 Å². The third-order valence-electron chi connectivity index (χ3n) is 7.78. The summed E-state index contributed by atoms with van der Waals surface area (Å²) in [6, 6.07) is 14.8. The highest BCUT2D eigenvalue weighted by Crippen LogP contribution is 2.32. The molecule has 1 saturated carbocycles. The molecule has 9 heteroatoms. The molecule has 198 valence electrons. The molecule has 0 spiro atoms. The van der Waals surface area contributed by atoms with Gasteiger partial charge < -0.3 is 24.4 Å². The molecule has 9 nitrogen and oxygen atoms in total. The van der Waals surface area contributed by atoms with Crippen molar-refractivity contribution >= 4 is 28.7 Å². The van der Waals surface area contributed by atoms with Gasteiger partial charge in [-0.15, -0.1) is 0 Å². The maximum absolute atomic E-state index is 5.29. The molecule has 4 aromatic rings. The molecule has 6 rings (SSSR count). The predicted octanol–water partition coefficient (Wildman–Crippen LogP) is 4.72. The van der Waals surface area contributed by atoms with Crippen LogP contribution in [-0.2, 0) is 6.42 Å². The summed E-state index contributed by atoms with van der Waals surface area (Å²) < 4.78 is 7.60. The normalized spacial score (nSPS) is 16.7. The number of rotatable bonds is 8. The molecular formula is C29H36N8O. The van der Waals surface area contributed by atoms with Gasteiger partial charge in [-0.25, -0.2) is 9.97 Å². The number of nitrogens with one attached hydrogen (secondary N) is 1. The molecule has 0 bridgehead atoms. The summed E-state index contributed by atoms with van der Waals surface area (Å²) in [7, 11) is 1.69. The SMILES string of the molecule is COc1ccc(CCNc2nc(N3CCN(c4ccccn4)CC3)nc3c2ncn3C2CCCCC2)cc1. The van der Waals surface area contributed by atoms with E-state index >= 15 is 0 Å². The second-order valence-electron chi connectivity index (χ2n) is 10.2. The molecular weight excluding hydrogens is 476 g/mol. The van der Waals surface area contributed by atoms with Gasteiger partial charge >= 0.3 is 0 Å². The Morgan fingerprint density at radius 1 is 0.895 bits per heavy atom. The van der Waals surface area contributed by atoms with Crippen LogP contribution in [-0.4, -0.2) is 64.3 Å². The smallest absolute Gasteiger partial charge is 0.229 e. The minimum absolute atomic E-state index is 0.463. The maximum Gasteiger partial charge on any atom is 0.229 e. The molecule has 1 saturated heterocycles. The molecule has 4 heterocycles. The van der Waals surface area contributed by atoms with Crippen molar-refractivity contribution in [2.75, 3.05) is 55.0 Å². The van der Waals surface area contributed by atoms with E-state index in [2.05, 4.69) is 42.9 Å². The van der Waals surface area contributed by atoms with Crippen LogP contribution in [0.4, 0.5) is 17.6 Å². The number of methoxy groups -OCH3 is 1. The molecule has 1 aliphatic carbocycles. The summed E-state index contributed by atoms with van der Waals surface area (Å²) in [5.74, 6) is 3.50. The molecule has 0 atom stereocenters. The topological polar surface area (TPSA) is 84.2 Å². The van der Waals surface area contributed by atoms with Gasteiger partial charge in [0.05, 0.1) is 13.4 Å². The quantitative estimate of drug-likeness (QED) is 0.363. The van der Waals surface area contributed by atoms with Crippen molar-refractivity contribution in [2.45, 2.75) is 44.6 Å². The predicted molar refractivity (Wildman–Crippen MR) is 151 cm³/mol. The number of pyridine rings is 1. The van der Waals surface area contributed by atoms with E-state index in [0.717, 1.165) is 73.6 Å². The largest absolute Gasteiger partial charge is 0.497 e. The first-order chi connectivity index (χ1) is 18.8. The number of benzene rings is 1. The van der Waals surface area contributed by atoms with E-state index in [1.54, 1.807) is 7.11 Å². The average Bonchev–Trinajstić information content (AvgIpc) is 3.43. The van der Waals surface area contributed by atoms with Gasteiger partial charge in [0.25, 0.3) is 0 Å². The number of aromatic nitrogens is 5. The fourth-order valence-electron chi connectivity index (χ4n) is 5.59. The van der Waals surface area contributed by atoms with Crippen molar-refractivity contribution in [3.05, 3.63) is 60.6 Å². The highest BCUT2D eigenvalue weighted by Gasteiger charge is 2.24. The van der Waals surface area contributed by atoms with Crippen LogP contribution in [0.3, 0.4) is 0 Å². The zero-order valence-corrected chi connectivity index (χ0v) is 22.1. The zero-order valence-electron chi connectivity index (χ0n) is 22.1. The minimum Gasteiger partial charge on any atom is -0.497 e. The van der Waals surface area contributed by atoms with Crippen LogP contribution in [0.5, 0.6) is 5.75 Å². The molecule has 2 aliphatic rings. The Kier molecular flexibility index (Phi) is 7.24. The van der Waals surface area contributed by atoms with E-state index in [9.17, 15) is 0 Å². The summed E-state index contributed by atoms with van der Waals surface area (Å²) in [6.45, 7) is 4.25. The fraction of sp³-hybridized carbons (Fsp3) is 0.448. The van der Waals surface area contributed by atoms with Gasteiger partial charge in [-0.2, -0.15) is 9.97 Å². The first kappa shape index (κ1) is 24.5. The lowest BCUT2D eigenvalue weighted by atomic mass is 9.95. The highest BCUT2D eigenvalue weighted by atomic mass is 16.5. The lowest BCUT2D eigenvalue weighted by Crippen LogP contribution is -2.47. The van der Waals surface area contributed by atoms with Crippen molar-refractivity contribution in [1.29, 1.82) is 0 Å². The first-order valence-electron chi connectivity index (χ1n) is 13.8. The number of imidazole rings is 1. The van der Waals surface area contributed by atoms with E-state index in [1.807, 2.05) is 36.8 Å². The van der Waals surface area contributed by atoms with Crippen LogP contribution in [0.1, 0.15) is 43.7 Å². The van der Waals surface area contributed by atoms with E-state index in [4.69, 9.17) is 19.7 Å². The summed E-state index contributed by atoms with van der Waals surface area (Å²) >= 11 is 0. The number of anilines is 3. The van der Waals surface area contributed by atoms with Gasteiger partial charge in [0.2, 0.25) is 5.95 Å². The second kappa shape index (κ2) is 11.2. The molecule has 1 N–H and O–H groups in total.